The van der Waals surface area contributed by atoms with Crippen LogP contribution in [0.5, 0.6) is 23.0 Å². The van der Waals surface area contributed by atoms with Crippen LogP contribution in [0.1, 0.15) is 39.2 Å². The average Bonchev–Trinajstić information content (AvgIpc) is 2.74. The monoisotopic (exact) mass is 438 g/mol. The summed E-state index contributed by atoms with van der Waals surface area (Å²) in [5.74, 6) is -0.482. The smallest absolute Gasteiger partial charge is 0.238 e. The first-order chi connectivity index (χ1) is 15.0. The summed E-state index contributed by atoms with van der Waals surface area (Å²) < 4.78 is 12.3. The van der Waals surface area contributed by atoms with Crippen LogP contribution in [0, 0.1) is 11.3 Å². The lowest BCUT2D eigenvalue weighted by Gasteiger charge is -2.55. The molecule has 0 unspecified atom stereocenters. The Kier molecular flexibility index (Phi) is 4.30. The largest absolute Gasteiger partial charge is 0.508 e. The minimum atomic E-state index is -0.650. The van der Waals surface area contributed by atoms with Crippen LogP contribution in [0.3, 0.4) is 0 Å². The molecular weight excluding hydrogens is 412 g/mol. The molecule has 2 aliphatic rings. The fourth-order valence-corrected chi connectivity index (χ4v) is 5.48. The molecule has 0 amide bonds. The van der Waals surface area contributed by atoms with Crippen molar-refractivity contribution in [1.82, 2.24) is 0 Å². The van der Waals surface area contributed by atoms with Crippen LogP contribution >= 0.6 is 0 Å². The van der Waals surface area contributed by atoms with Gasteiger partial charge in [-0.1, -0.05) is 13.8 Å². The van der Waals surface area contributed by atoms with Crippen molar-refractivity contribution in [1.29, 1.82) is 0 Å². The number of aliphatic hydroxyl groups excluding tert-OH is 1. The van der Waals surface area contributed by atoms with Gasteiger partial charge in [0.05, 0.1) is 6.10 Å². The van der Waals surface area contributed by atoms with E-state index in [-0.39, 0.29) is 39.9 Å². The fourth-order valence-electron chi connectivity index (χ4n) is 5.48. The van der Waals surface area contributed by atoms with E-state index in [2.05, 4.69) is 0 Å². The van der Waals surface area contributed by atoms with Crippen molar-refractivity contribution >= 4 is 11.0 Å². The molecule has 2 aromatic carbocycles. The number of fused-ring (bicyclic) bond motifs is 4. The SMILES string of the molecule is CC1(C)[C@H](O)CC[C@@]2(C)Oc3c(c(O)cc4oc(-c5ccc(O)cc5)c(O)c(=O)c34)C[C@H]12. The van der Waals surface area contributed by atoms with Gasteiger partial charge in [-0.15, -0.1) is 0 Å². The Morgan fingerprint density at radius 3 is 2.44 bits per heavy atom. The molecule has 0 spiro atoms. The Morgan fingerprint density at radius 2 is 1.75 bits per heavy atom. The summed E-state index contributed by atoms with van der Waals surface area (Å²) in [5, 5.41) is 41.7. The summed E-state index contributed by atoms with van der Waals surface area (Å²) in [7, 11) is 0. The van der Waals surface area contributed by atoms with Crippen molar-refractivity contribution in [2.75, 3.05) is 0 Å². The summed E-state index contributed by atoms with van der Waals surface area (Å²) in [6, 6.07) is 7.26. The second kappa shape index (κ2) is 6.65. The Hall–Kier alpha value is -3.19. The Labute approximate surface area is 184 Å². The number of aliphatic hydroxyl groups is 1. The minimum Gasteiger partial charge on any atom is -0.508 e. The van der Waals surface area contributed by atoms with E-state index in [1.54, 1.807) is 0 Å². The van der Waals surface area contributed by atoms with E-state index in [0.717, 1.165) is 0 Å². The van der Waals surface area contributed by atoms with Gasteiger partial charge < -0.3 is 29.6 Å². The van der Waals surface area contributed by atoms with Gasteiger partial charge in [-0.25, -0.2) is 0 Å². The first-order valence-electron chi connectivity index (χ1n) is 10.7. The van der Waals surface area contributed by atoms with Crippen LogP contribution in [0.25, 0.3) is 22.3 Å². The zero-order chi connectivity index (χ0) is 23.0. The lowest BCUT2D eigenvalue weighted by Crippen LogP contribution is -2.58. The zero-order valence-electron chi connectivity index (χ0n) is 18.2. The minimum absolute atomic E-state index is 0.0415. The van der Waals surface area contributed by atoms with Crippen molar-refractivity contribution in [2.45, 2.75) is 51.7 Å². The lowest BCUT2D eigenvalue weighted by molar-refractivity contribution is -0.137. The second-order valence-corrected chi connectivity index (χ2v) is 9.78. The van der Waals surface area contributed by atoms with E-state index in [1.165, 1.54) is 30.3 Å². The topological polar surface area (TPSA) is 120 Å². The fraction of sp³-hybridized carbons (Fsp3) is 0.400. The molecule has 1 aliphatic heterocycles. The third kappa shape index (κ3) is 2.80. The lowest BCUT2D eigenvalue weighted by atomic mass is 9.57. The van der Waals surface area contributed by atoms with Crippen molar-refractivity contribution in [3.8, 4) is 34.3 Å². The van der Waals surface area contributed by atoms with Crippen LogP contribution in [-0.4, -0.2) is 32.1 Å². The molecule has 7 heteroatoms. The predicted molar refractivity (Wildman–Crippen MR) is 118 cm³/mol. The van der Waals surface area contributed by atoms with Gasteiger partial charge in [0.1, 0.15) is 33.8 Å². The van der Waals surface area contributed by atoms with Gasteiger partial charge in [0.15, 0.2) is 5.76 Å². The summed E-state index contributed by atoms with van der Waals surface area (Å²) in [4.78, 5) is 13.3. The summed E-state index contributed by atoms with van der Waals surface area (Å²) in [6.07, 6.45) is 1.10. The molecule has 168 valence electrons. The van der Waals surface area contributed by atoms with Gasteiger partial charge in [-0.3, -0.25) is 4.79 Å². The number of ether oxygens (including phenoxy) is 1. The van der Waals surface area contributed by atoms with Crippen molar-refractivity contribution in [3.05, 3.63) is 46.1 Å². The Bertz CT molecular complexity index is 1290. The molecule has 4 N–H and O–H groups in total. The molecule has 2 heterocycles. The van der Waals surface area contributed by atoms with Crippen molar-refractivity contribution in [3.63, 3.8) is 0 Å². The molecule has 0 radical (unpaired) electrons. The molecule has 1 fully saturated rings. The van der Waals surface area contributed by atoms with Crippen LogP contribution < -0.4 is 10.2 Å². The van der Waals surface area contributed by atoms with Crippen molar-refractivity contribution in [2.24, 2.45) is 11.3 Å². The van der Waals surface area contributed by atoms with Gasteiger partial charge in [-0.05, 0) is 55.9 Å². The maximum absolute atomic E-state index is 13.3. The van der Waals surface area contributed by atoms with Crippen LogP contribution in [-0.2, 0) is 6.42 Å². The van der Waals surface area contributed by atoms with Crippen molar-refractivity contribution < 1.29 is 29.6 Å². The summed E-state index contributed by atoms with van der Waals surface area (Å²) in [6.45, 7) is 5.96. The van der Waals surface area contributed by atoms with Gasteiger partial charge in [0.25, 0.3) is 0 Å². The third-order valence-corrected chi connectivity index (χ3v) is 7.47. The number of phenols is 2. The Morgan fingerprint density at radius 1 is 1.06 bits per heavy atom. The normalized spacial score (nSPS) is 26.2. The average molecular weight is 438 g/mol. The quantitative estimate of drug-likeness (QED) is 0.452. The van der Waals surface area contributed by atoms with E-state index < -0.39 is 28.3 Å². The van der Waals surface area contributed by atoms with Gasteiger partial charge in [0, 0.05) is 23.1 Å². The first kappa shape index (κ1) is 20.7. The predicted octanol–water partition coefficient (Wildman–Crippen LogP) is 4.07. The van der Waals surface area contributed by atoms with Crippen LogP contribution in [0.2, 0.25) is 0 Å². The van der Waals surface area contributed by atoms with E-state index in [1.807, 2.05) is 20.8 Å². The second-order valence-electron chi connectivity index (χ2n) is 9.78. The standard InChI is InChI=1S/C25H26O7/c1-24(2)17-10-14-15(27)11-16-19(23(14)32-25(17,3)9-8-18(24)28)20(29)21(30)22(31-16)12-4-6-13(26)7-5-12/h4-7,11,17-18,26-28,30H,8-10H2,1-3H3/t17-,18-,25-/m1/s1. The van der Waals surface area contributed by atoms with E-state index in [4.69, 9.17) is 9.15 Å². The molecule has 1 aliphatic carbocycles. The molecule has 7 nitrogen and oxygen atoms in total. The maximum atomic E-state index is 13.3. The maximum Gasteiger partial charge on any atom is 0.238 e. The molecule has 0 bridgehead atoms. The summed E-state index contributed by atoms with van der Waals surface area (Å²) in [5.41, 5.74) is -0.749. The van der Waals surface area contributed by atoms with Gasteiger partial charge >= 0.3 is 0 Å². The van der Waals surface area contributed by atoms with Crippen LogP contribution in [0.15, 0.2) is 39.5 Å². The molecular formula is C25H26O7. The number of hydrogen-bond acceptors (Lipinski definition) is 7. The first-order valence-corrected chi connectivity index (χ1v) is 10.7. The summed E-state index contributed by atoms with van der Waals surface area (Å²) >= 11 is 0. The molecule has 1 saturated carbocycles. The highest BCUT2D eigenvalue weighted by molar-refractivity contribution is 5.90. The van der Waals surface area contributed by atoms with E-state index >= 15 is 0 Å². The van der Waals surface area contributed by atoms with E-state index in [0.29, 0.717) is 30.4 Å². The van der Waals surface area contributed by atoms with E-state index in [9.17, 15) is 25.2 Å². The molecule has 32 heavy (non-hydrogen) atoms. The third-order valence-electron chi connectivity index (χ3n) is 7.47. The molecule has 3 atom stereocenters. The molecule has 3 aromatic rings. The highest BCUT2D eigenvalue weighted by atomic mass is 16.5. The van der Waals surface area contributed by atoms with Gasteiger partial charge in [0.2, 0.25) is 11.2 Å². The number of aromatic hydroxyl groups is 3. The Balaban J connectivity index is 1.73. The molecule has 1 aromatic heterocycles. The number of rotatable bonds is 1. The highest BCUT2D eigenvalue weighted by Gasteiger charge is 2.55. The zero-order valence-corrected chi connectivity index (χ0v) is 18.2. The number of hydrogen-bond donors (Lipinski definition) is 4. The number of phenolic OH excluding ortho intramolecular Hbond substituents is 2. The number of benzene rings is 2. The van der Waals surface area contributed by atoms with Gasteiger partial charge in [-0.2, -0.15) is 0 Å². The van der Waals surface area contributed by atoms with Crippen LogP contribution in [0.4, 0.5) is 0 Å². The highest BCUT2D eigenvalue weighted by Crippen LogP contribution is 2.55. The molecule has 5 rings (SSSR count). The molecule has 0 saturated heterocycles.